The molecule has 8 heteroatoms. The van der Waals surface area contributed by atoms with Crippen molar-refractivity contribution in [2.45, 2.75) is 37.9 Å². The molecule has 0 saturated carbocycles. The van der Waals surface area contributed by atoms with E-state index in [2.05, 4.69) is 9.80 Å². The Labute approximate surface area is 162 Å². The first-order chi connectivity index (χ1) is 12.8. The maximum atomic E-state index is 12.4. The summed E-state index contributed by atoms with van der Waals surface area (Å²) in [6.45, 7) is 4.60. The van der Waals surface area contributed by atoms with Gasteiger partial charge < -0.3 is 9.80 Å². The fraction of sp³-hybridized carbons (Fsp3) is 0.632. The van der Waals surface area contributed by atoms with Crippen LogP contribution in [0.15, 0.2) is 24.3 Å². The molecule has 0 radical (unpaired) electrons. The number of amides is 1. The minimum absolute atomic E-state index is 0.232. The number of carbonyl (C=O) groups excluding carboxylic acids is 1. The number of hydrogen-bond donors (Lipinski definition) is 0. The molecule has 2 aliphatic rings. The van der Waals surface area contributed by atoms with E-state index in [0.717, 1.165) is 49.7 Å². The predicted molar refractivity (Wildman–Crippen MR) is 100 cm³/mol. The topological polar surface area (TPSA) is 26.8 Å². The number of piperazine rings is 1. The quantitative estimate of drug-likeness (QED) is 0.765. The van der Waals surface area contributed by atoms with Gasteiger partial charge in [0.25, 0.3) is 0 Å². The van der Waals surface area contributed by atoms with E-state index in [0.29, 0.717) is 13.1 Å². The lowest BCUT2D eigenvalue weighted by atomic mass is 10.0. The largest absolute Gasteiger partial charge is 0.389 e. The number of likely N-dealkylation sites (tertiary alicyclic amines) is 1. The highest BCUT2D eigenvalue weighted by molar-refractivity contribution is 6.30. The summed E-state index contributed by atoms with van der Waals surface area (Å²) in [5, 5.41) is 0.718. The first-order valence-corrected chi connectivity index (χ1v) is 9.79. The Morgan fingerprint density at radius 1 is 1.15 bits per heavy atom. The number of nitrogens with zero attached hydrogens (tertiary/aromatic N) is 3. The van der Waals surface area contributed by atoms with Crippen LogP contribution < -0.4 is 4.90 Å². The molecule has 0 N–H and O–H groups in total. The van der Waals surface area contributed by atoms with Crippen LogP contribution in [0.3, 0.4) is 0 Å². The summed E-state index contributed by atoms with van der Waals surface area (Å²) in [7, 11) is 0. The zero-order chi connectivity index (χ0) is 19.4. The second-order valence-corrected chi connectivity index (χ2v) is 7.69. The molecular weight excluding hydrogens is 379 g/mol. The van der Waals surface area contributed by atoms with Crippen molar-refractivity contribution in [2.75, 3.05) is 44.2 Å². The molecule has 1 atom stereocenters. The van der Waals surface area contributed by atoms with Crippen LogP contribution >= 0.6 is 11.6 Å². The molecule has 150 valence electrons. The Hall–Kier alpha value is -1.47. The standard InChI is InChI=1S/C19H25ClF3N3O/c20-15-3-1-4-16(13-15)24-9-11-25(12-10-24)17-5-2-8-26(14-17)18(27)6-7-19(21,22)23/h1,3-4,13,17H,2,5-12,14H2/t17-/m0/s1. The van der Waals surface area contributed by atoms with Crippen LogP contribution in [0.4, 0.5) is 18.9 Å². The highest BCUT2D eigenvalue weighted by atomic mass is 35.5. The summed E-state index contributed by atoms with van der Waals surface area (Å²) >= 11 is 6.07. The molecule has 27 heavy (non-hydrogen) atoms. The molecule has 0 aliphatic carbocycles. The van der Waals surface area contributed by atoms with Gasteiger partial charge in [-0.05, 0) is 31.0 Å². The van der Waals surface area contributed by atoms with Crippen LogP contribution in [-0.4, -0.2) is 67.2 Å². The van der Waals surface area contributed by atoms with Crippen LogP contribution in [0.2, 0.25) is 5.02 Å². The van der Waals surface area contributed by atoms with Crippen molar-refractivity contribution in [1.82, 2.24) is 9.80 Å². The summed E-state index contributed by atoms with van der Waals surface area (Å²) in [6, 6.07) is 8.03. The summed E-state index contributed by atoms with van der Waals surface area (Å²) in [4.78, 5) is 18.4. The van der Waals surface area contributed by atoms with Crippen molar-refractivity contribution in [1.29, 1.82) is 0 Å². The molecule has 2 heterocycles. The van der Waals surface area contributed by atoms with Gasteiger partial charge in [0.05, 0.1) is 6.42 Å². The molecular formula is C19H25ClF3N3O. The lowest BCUT2D eigenvalue weighted by Gasteiger charge is -2.44. The van der Waals surface area contributed by atoms with Crippen LogP contribution in [0.5, 0.6) is 0 Å². The SMILES string of the molecule is O=C(CCC(F)(F)F)N1CCC[C@H](N2CCN(c3cccc(Cl)c3)CC2)C1. The summed E-state index contributed by atoms with van der Waals surface area (Å²) < 4.78 is 37.1. The maximum Gasteiger partial charge on any atom is 0.389 e. The Morgan fingerprint density at radius 3 is 2.56 bits per heavy atom. The molecule has 1 aromatic rings. The molecule has 2 aliphatic heterocycles. The van der Waals surface area contributed by atoms with Gasteiger partial charge in [-0.25, -0.2) is 0 Å². The Kier molecular flexibility index (Phi) is 6.52. The van der Waals surface area contributed by atoms with Gasteiger partial charge in [-0.1, -0.05) is 17.7 Å². The predicted octanol–water partition coefficient (Wildman–Crippen LogP) is 3.80. The van der Waals surface area contributed by atoms with E-state index in [1.54, 1.807) is 4.90 Å². The molecule has 0 spiro atoms. The van der Waals surface area contributed by atoms with Gasteiger partial charge in [0.2, 0.25) is 5.91 Å². The molecule has 1 aromatic carbocycles. The van der Waals surface area contributed by atoms with Crippen molar-refractivity contribution in [3.63, 3.8) is 0 Å². The van der Waals surface area contributed by atoms with Gasteiger partial charge >= 0.3 is 6.18 Å². The zero-order valence-electron chi connectivity index (χ0n) is 15.2. The molecule has 0 bridgehead atoms. The van der Waals surface area contributed by atoms with E-state index >= 15 is 0 Å². The van der Waals surface area contributed by atoms with Gasteiger partial charge in [-0.15, -0.1) is 0 Å². The van der Waals surface area contributed by atoms with Crippen LogP contribution in [0.1, 0.15) is 25.7 Å². The van der Waals surface area contributed by atoms with Crippen molar-refractivity contribution in [3.8, 4) is 0 Å². The second-order valence-electron chi connectivity index (χ2n) is 7.25. The van der Waals surface area contributed by atoms with E-state index in [4.69, 9.17) is 11.6 Å². The Balaban J connectivity index is 1.50. The van der Waals surface area contributed by atoms with E-state index in [9.17, 15) is 18.0 Å². The van der Waals surface area contributed by atoms with Gasteiger partial charge in [0.1, 0.15) is 0 Å². The third-order valence-electron chi connectivity index (χ3n) is 5.38. The third kappa shape index (κ3) is 5.75. The lowest BCUT2D eigenvalue weighted by Crippen LogP contribution is -2.55. The number of benzene rings is 1. The van der Waals surface area contributed by atoms with Crippen LogP contribution in [0, 0.1) is 0 Å². The van der Waals surface area contributed by atoms with E-state index in [1.165, 1.54) is 0 Å². The van der Waals surface area contributed by atoms with Crippen molar-refractivity contribution in [3.05, 3.63) is 29.3 Å². The number of carbonyl (C=O) groups is 1. The molecule has 0 aromatic heterocycles. The van der Waals surface area contributed by atoms with Crippen molar-refractivity contribution in [2.24, 2.45) is 0 Å². The summed E-state index contributed by atoms with van der Waals surface area (Å²) in [6.07, 6.45) is -3.93. The van der Waals surface area contributed by atoms with Gasteiger partial charge in [-0.2, -0.15) is 13.2 Å². The Bertz CT molecular complexity index is 647. The van der Waals surface area contributed by atoms with Crippen molar-refractivity contribution >= 4 is 23.2 Å². The highest BCUT2D eigenvalue weighted by Gasteiger charge is 2.32. The average molecular weight is 404 g/mol. The fourth-order valence-corrected chi connectivity index (χ4v) is 4.09. The van der Waals surface area contributed by atoms with Gasteiger partial charge in [0, 0.05) is 62.4 Å². The normalized spacial score (nSPS) is 22.1. The number of halogens is 4. The zero-order valence-corrected chi connectivity index (χ0v) is 16.0. The monoisotopic (exact) mass is 403 g/mol. The minimum Gasteiger partial charge on any atom is -0.369 e. The van der Waals surface area contributed by atoms with Gasteiger partial charge in [0.15, 0.2) is 0 Å². The average Bonchev–Trinajstić information content (AvgIpc) is 2.66. The summed E-state index contributed by atoms with van der Waals surface area (Å²) in [5.41, 5.74) is 1.11. The number of alkyl halides is 3. The van der Waals surface area contributed by atoms with E-state index in [-0.39, 0.29) is 11.9 Å². The molecule has 0 unspecified atom stereocenters. The fourth-order valence-electron chi connectivity index (χ4n) is 3.90. The second kappa shape index (κ2) is 8.69. The first-order valence-electron chi connectivity index (χ1n) is 9.41. The van der Waals surface area contributed by atoms with Gasteiger partial charge in [-0.3, -0.25) is 9.69 Å². The Morgan fingerprint density at radius 2 is 1.89 bits per heavy atom. The third-order valence-corrected chi connectivity index (χ3v) is 5.61. The first kappa shape index (κ1) is 20.3. The van der Waals surface area contributed by atoms with Crippen LogP contribution in [-0.2, 0) is 4.79 Å². The maximum absolute atomic E-state index is 12.4. The van der Waals surface area contributed by atoms with Crippen LogP contribution in [0.25, 0.3) is 0 Å². The summed E-state index contributed by atoms with van der Waals surface area (Å²) in [5.74, 6) is -0.380. The van der Waals surface area contributed by atoms with E-state index < -0.39 is 19.0 Å². The van der Waals surface area contributed by atoms with E-state index in [1.807, 2.05) is 24.3 Å². The molecule has 2 fully saturated rings. The molecule has 1 amide bonds. The number of rotatable bonds is 4. The smallest absolute Gasteiger partial charge is 0.369 e. The number of hydrogen-bond acceptors (Lipinski definition) is 3. The number of piperidine rings is 1. The van der Waals surface area contributed by atoms with Crippen molar-refractivity contribution < 1.29 is 18.0 Å². The molecule has 4 nitrogen and oxygen atoms in total. The highest BCUT2D eigenvalue weighted by Crippen LogP contribution is 2.25. The lowest BCUT2D eigenvalue weighted by molar-refractivity contribution is -0.150. The number of anilines is 1. The minimum atomic E-state index is -4.28. The molecule has 2 saturated heterocycles. The molecule has 3 rings (SSSR count).